The normalized spacial score (nSPS) is 22.2. The maximum Gasteiger partial charge on any atom is 0.277 e. The van der Waals surface area contributed by atoms with E-state index in [1.54, 1.807) is 5.48 Å². The molecule has 1 aromatic heterocycles. The fourth-order valence-corrected chi connectivity index (χ4v) is 4.14. The third kappa shape index (κ3) is 3.17. The summed E-state index contributed by atoms with van der Waals surface area (Å²) in [6.07, 6.45) is 2.77. The Morgan fingerprint density at radius 2 is 1.62 bits per heavy atom. The van der Waals surface area contributed by atoms with E-state index in [0.29, 0.717) is 23.3 Å². The van der Waals surface area contributed by atoms with Gasteiger partial charge < -0.3 is 10.2 Å². The molecule has 2 aromatic carbocycles. The van der Waals surface area contributed by atoms with Gasteiger partial charge in [0.15, 0.2) is 0 Å². The van der Waals surface area contributed by atoms with E-state index in [4.69, 9.17) is 5.21 Å². The molecule has 3 aromatic rings. The van der Waals surface area contributed by atoms with Gasteiger partial charge in [0, 0.05) is 48.9 Å². The Balaban J connectivity index is 1.20. The van der Waals surface area contributed by atoms with Crippen molar-refractivity contribution >= 4 is 28.5 Å². The summed E-state index contributed by atoms with van der Waals surface area (Å²) in [5, 5.41) is 14.0. The van der Waals surface area contributed by atoms with E-state index in [1.165, 1.54) is 12.4 Å². The lowest BCUT2D eigenvalue weighted by Crippen LogP contribution is -2.35. The summed E-state index contributed by atoms with van der Waals surface area (Å²) in [7, 11) is 0. The van der Waals surface area contributed by atoms with Gasteiger partial charge in [-0.15, -0.1) is 0 Å². The van der Waals surface area contributed by atoms with Gasteiger partial charge in [-0.05, 0) is 22.9 Å². The predicted octanol–water partition coefficient (Wildman–Crippen LogP) is 1.61. The fourth-order valence-electron chi connectivity index (χ4n) is 4.14. The summed E-state index contributed by atoms with van der Waals surface area (Å²) < 4.78 is 0. The summed E-state index contributed by atoms with van der Waals surface area (Å²) >= 11 is 0. The Labute approximate surface area is 166 Å². The molecule has 2 fully saturated rings. The van der Waals surface area contributed by atoms with Crippen LogP contribution in [-0.4, -0.2) is 46.1 Å². The smallest absolute Gasteiger partial charge is 0.277 e. The van der Waals surface area contributed by atoms with E-state index in [1.807, 2.05) is 42.5 Å². The number of amides is 2. The summed E-state index contributed by atoms with van der Waals surface area (Å²) in [5.41, 5.74) is 2.43. The summed E-state index contributed by atoms with van der Waals surface area (Å²) in [5.74, 6) is 0.618. The standard InChI is InChI=1S/C21H19N5O3/c27-19(14-6-5-12-3-1-2-4-13(12)7-14)24-18-16-10-26(11-17(16)18)21-22-8-15(9-23-21)20(28)25-29/h1-9,16-18,29H,10-11H2,(H,24,27)(H,25,28)/t16-,17+,18?. The molecule has 0 bridgehead atoms. The number of rotatable bonds is 4. The van der Waals surface area contributed by atoms with Crippen molar-refractivity contribution in [3.05, 3.63) is 66.0 Å². The average Bonchev–Trinajstić information content (AvgIpc) is 3.20. The van der Waals surface area contributed by atoms with Crippen LogP contribution in [0.5, 0.6) is 0 Å². The first-order valence-corrected chi connectivity index (χ1v) is 9.45. The number of piperidine rings is 1. The van der Waals surface area contributed by atoms with E-state index >= 15 is 0 Å². The topological polar surface area (TPSA) is 107 Å². The van der Waals surface area contributed by atoms with Gasteiger partial charge in [-0.1, -0.05) is 30.3 Å². The molecule has 0 radical (unpaired) electrons. The lowest BCUT2D eigenvalue weighted by Gasteiger charge is -2.20. The van der Waals surface area contributed by atoms with Crippen LogP contribution < -0.4 is 15.7 Å². The minimum Gasteiger partial charge on any atom is -0.349 e. The third-order valence-corrected chi connectivity index (χ3v) is 5.79. The monoisotopic (exact) mass is 389 g/mol. The lowest BCUT2D eigenvalue weighted by molar-refractivity contribution is 0.0705. The molecule has 1 unspecified atom stereocenters. The minimum absolute atomic E-state index is 0.0441. The van der Waals surface area contributed by atoms with Crippen molar-refractivity contribution < 1.29 is 14.8 Å². The number of benzene rings is 2. The Morgan fingerprint density at radius 1 is 0.931 bits per heavy atom. The molecular weight excluding hydrogens is 370 g/mol. The summed E-state index contributed by atoms with van der Waals surface area (Å²) in [6, 6.07) is 13.9. The Hall–Kier alpha value is -3.52. The molecule has 146 valence electrons. The largest absolute Gasteiger partial charge is 0.349 e. The zero-order valence-corrected chi connectivity index (χ0v) is 15.4. The van der Waals surface area contributed by atoms with Crippen LogP contribution >= 0.6 is 0 Å². The number of aromatic nitrogens is 2. The average molecular weight is 389 g/mol. The number of nitrogens with one attached hydrogen (secondary N) is 2. The van der Waals surface area contributed by atoms with Gasteiger partial charge in [0.2, 0.25) is 5.95 Å². The quantitative estimate of drug-likeness (QED) is 0.462. The SMILES string of the molecule is O=C(NO)c1cnc(N2C[C@@H]3C(NC(=O)c4ccc5ccccc5c4)[C@@H]3C2)nc1. The van der Waals surface area contributed by atoms with E-state index in [2.05, 4.69) is 20.2 Å². The second-order valence-corrected chi connectivity index (χ2v) is 7.51. The van der Waals surface area contributed by atoms with E-state index < -0.39 is 5.91 Å². The fraction of sp³-hybridized carbons (Fsp3) is 0.238. The number of hydrogen-bond acceptors (Lipinski definition) is 6. The number of hydrogen-bond donors (Lipinski definition) is 3. The van der Waals surface area contributed by atoms with Crippen molar-refractivity contribution in [1.82, 2.24) is 20.8 Å². The van der Waals surface area contributed by atoms with Crippen LogP contribution in [0.2, 0.25) is 0 Å². The van der Waals surface area contributed by atoms with Crippen molar-refractivity contribution in [1.29, 1.82) is 0 Å². The van der Waals surface area contributed by atoms with E-state index in [9.17, 15) is 9.59 Å². The number of carbonyl (C=O) groups is 2. The maximum atomic E-state index is 12.6. The maximum absolute atomic E-state index is 12.6. The van der Waals surface area contributed by atoms with Gasteiger partial charge in [-0.3, -0.25) is 14.8 Å². The minimum atomic E-state index is -0.641. The molecule has 29 heavy (non-hydrogen) atoms. The molecule has 8 heteroatoms. The molecule has 1 aliphatic carbocycles. The Morgan fingerprint density at radius 3 is 2.31 bits per heavy atom. The molecule has 3 atom stereocenters. The van der Waals surface area contributed by atoms with Gasteiger partial charge in [-0.25, -0.2) is 15.4 Å². The number of carbonyl (C=O) groups excluding carboxylic acids is 2. The highest BCUT2D eigenvalue weighted by atomic mass is 16.5. The van der Waals surface area contributed by atoms with Crippen molar-refractivity contribution in [2.24, 2.45) is 11.8 Å². The second kappa shape index (κ2) is 6.82. The molecular formula is C21H19N5O3. The van der Waals surface area contributed by atoms with E-state index in [-0.39, 0.29) is 17.5 Å². The highest BCUT2D eigenvalue weighted by Gasteiger charge is 2.57. The first-order chi connectivity index (χ1) is 14.1. The van der Waals surface area contributed by atoms with Crippen LogP contribution in [0, 0.1) is 11.8 Å². The van der Waals surface area contributed by atoms with Gasteiger partial charge >= 0.3 is 0 Å². The molecule has 1 aliphatic heterocycles. The highest BCUT2D eigenvalue weighted by Crippen LogP contribution is 2.46. The van der Waals surface area contributed by atoms with Crippen molar-refractivity contribution in [2.75, 3.05) is 18.0 Å². The number of hydroxylamine groups is 1. The van der Waals surface area contributed by atoms with Gasteiger partial charge in [-0.2, -0.15) is 0 Å². The van der Waals surface area contributed by atoms with E-state index in [0.717, 1.165) is 23.9 Å². The molecule has 5 rings (SSSR count). The first-order valence-electron chi connectivity index (χ1n) is 9.45. The third-order valence-electron chi connectivity index (χ3n) is 5.79. The predicted molar refractivity (Wildman–Crippen MR) is 106 cm³/mol. The molecule has 8 nitrogen and oxygen atoms in total. The second-order valence-electron chi connectivity index (χ2n) is 7.51. The number of anilines is 1. The molecule has 2 aliphatic rings. The van der Waals surface area contributed by atoms with Crippen LogP contribution in [-0.2, 0) is 0 Å². The molecule has 2 amide bonds. The van der Waals surface area contributed by atoms with Crippen LogP contribution in [0.1, 0.15) is 20.7 Å². The molecule has 1 saturated carbocycles. The van der Waals surface area contributed by atoms with Crippen LogP contribution in [0.15, 0.2) is 54.9 Å². The summed E-state index contributed by atoms with van der Waals surface area (Å²) in [6.45, 7) is 1.53. The lowest BCUT2D eigenvalue weighted by atomic mass is 10.1. The van der Waals surface area contributed by atoms with Crippen molar-refractivity contribution in [3.8, 4) is 0 Å². The Bertz CT molecular complexity index is 1090. The van der Waals surface area contributed by atoms with Gasteiger partial charge in [0.25, 0.3) is 11.8 Å². The van der Waals surface area contributed by atoms with Crippen molar-refractivity contribution in [3.63, 3.8) is 0 Å². The number of fused-ring (bicyclic) bond motifs is 2. The summed E-state index contributed by atoms with van der Waals surface area (Å²) in [4.78, 5) is 34.4. The molecule has 2 heterocycles. The van der Waals surface area contributed by atoms with Gasteiger partial charge in [0.05, 0.1) is 5.56 Å². The first kappa shape index (κ1) is 17.6. The molecule has 3 N–H and O–H groups in total. The molecule has 1 saturated heterocycles. The molecule has 0 spiro atoms. The van der Waals surface area contributed by atoms with Crippen molar-refractivity contribution in [2.45, 2.75) is 6.04 Å². The van der Waals surface area contributed by atoms with Crippen LogP contribution in [0.3, 0.4) is 0 Å². The van der Waals surface area contributed by atoms with Crippen LogP contribution in [0.25, 0.3) is 10.8 Å². The zero-order chi connectivity index (χ0) is 20.0. The van der Waals surface area contributed by atoms with Gasteiger partial charge in [0.1, 0.15) is 0 Å². The number of nitrogens with zero attached hydrogens (tertiary/aromatic N) is 3. The van der Waals surface area contributed by atoms with Crippen LogP contribution in [0.4, 0.5) is 5.95 Å². The zero-order valence-electron chi connectivity index (χ0n) is 15.4. The highest BCUT2D eigenvalue weighted by molar-refractivity contribution is 5.99. The Kier molecular flexibility index (Phi) is 4.13.